The molecule has 0 heterocycles. The molecule has 0 aliphatic rings. The smallest absolute Gasteiger partial charge is 0.200 e. The van der Waals surface area contributed by atoms with Gasteiger partial charge in [-0.3, -0.25) is 0 Å². The van der Waals surface area contributed by atoms with Crippen LogP contribution in [0, 0.1) is 6.92 Å². The number of rotatable bonds is 6. The van der Waals surface area contributed by atoms with Gasteiger partial charge in [0.15, 0.2) is 18.2 Å². The number of benzene rings is 2. The third-order valence-electron chi connectivity index (χ3n) is 5.15. The van der Waals surface area contributed by atoms with Gasteiger partial charge >= 0.3 is 0 Å². The topological polar surface area (TPSA) is 43.4 Å². The molecule has 146 valence electrons. The van der Waals surface area contributed by atoms with Crippen molar-refractivity contribution in [1.29, 1.82) is 0 Å². The van der Waals surface area contributed by atoms with E-state index in [-0.39, 0.29) is 11.6 Å². The quantitative estimate of drug-likeness (QED) is 0.571. The van der Waals surface area contributed by atoms with Gasteiger partial charge in [-0.05, 0) is 48.3 Å². The second-order valence-corrected chi connectivity index (χ2v) is 15.0. The van der Waals surface area contributed by atoms with Gasteiger partial charge in [0, 0.05) is 5.41 Å². The van der Waals surface area contributed by atoms with Crippen LogP contribution in [0.25, 0.3) is 5.57 Å². The molecule has 0 saturated carbocycles. The van der Waals surface area contributed by atoms with Crippen molar-refractivity contribution in [3.8, 4) is 0 Å². The Labute approximate surface area is 165 Å². The summed E-state index contributed by atoms with van der Waals surface area (Å²) in [5, 5.41) is 1.42. The zero-order chi connectivity index (χ0) is 20.3. The Bertz CT molecular complexity index is 908. The maximum atomic E-state index is 12.9. The number of hydrogen-bond donors (Lipinski definition) is 0. The van der Waals surface area contributed by atoms with Gasteiger partial charge in [0.2, 0.25) is 0 Å². The molecule has 2 rings (SSSR count). The Morgan fingerprint density at radius 2 is 1.67 bits per heavy atom. The average molecular weight is 403 g/mol. The van der Waals surface area contributed by atoms with Gasteiger partial charge in [0.1, 0.15) is 0 Å². The normalized spacial score (nSPS) is 13.6. The molecule has 0 bridgehead atoms. The lowest BCUT2D eigenvalue weighted by Crippen LogP contribution is -2.41. The number of hydrogen-bond acceptors (Lipinski definition) is 3. The molecular weight excluding hydrogens is 372 g/mol. The van der Waals surface area contributed by atoms with Crippen LogP contribution in [0.1, 0.15) is 31.9 Å². The van der Waals surface area contributed by atoms with Gasteiger partial charge < -0.3 is 4.43 Å². The third-order valence-corrected chi connectivity index (χ3v) is 11.2. The third kappa shape index (κ3) is 5.64. The van der Waals surface area contributed by atoms with E-state index >= 15 is 0 Å². The zero-order valence-electron chi connectivity index (χ0n) is 17.1. The van der Waals surface area contributed by atoms with Crippen LogP contribution < -0.4 is 0 Å². The van der Waals surface area contributed by atoms with E-state index in [1.165, 1.54) is 5.41 Å². The van der Waals surface area contributed by atoms with Crippen LogP contribution in [0.4, 0.5) is 0 Å². The van der Waals surface area contributed by atoms with E-state index in [2.05, 4.69) is 33.9 Å². The van der Waals surface area contributed by atoms with Crippen molar-refractivity contribution in [1.82, 2.24) is 0 Å². The molecule has 2 aromatic carbocycles. The van der Waals surface area contributed by atoms with Gasteiger partial charge in [-0.15, -0.1) is 0 Å². The first-order valence-corrected chi connectivity index (χ1v) is 13.6. The van der Waals surface area contributed by atoms with Crippen LogP contribution in [0.15, 0.2) is 64.9 Å². The summed E-state index contributed by atoms with van der Waals surface area (Å²) >= 11 is 0. The molecule has 0 aliphatic heterocycles. The summed E-state index contributed by atoms with van der Waals surface area (Å²) in [5.74, 6) is 0. The highest BCUT2D eigenvalue weighted by atomic mass is 32.2. The number of aryl methyl sites for hydroxylation is 1. The van der Waals surface area contributed by atoms with Crippen LogP contribution in [0.3, 0.4) is 0 Å². The van der Waals surface area contributed by atoms with E-state index in [4.69, 9.17) is 4.43 Å². The van der Waals surface area contributed by atoms with E-state index in [0.29, 0.717) is 10.5 Å². The van der Waals surface area contributed by atoms with Gasteiger partial charge in [-0.1, -0.05) is 68.8 Å². The van der Waals surface area contributed by atoms with E-state index in [1.807, 2.05) is 37.3 Å². The molecule has 0 spiro atoms. The Morgan fingerprint density at radius 1 is 1.04 bits per heavy atom. The largest absolute Gasteiger partial charge is 0.413 e. The first-order valence-electron chi connectivity index (χ1n) is 9.14. The molecule has 2 aromatic rings. The predicted molar refractivity (Wildman–Crippen MR) is 116 cm³/mol. The molecule has 0 saturated heterocycles. The molecule has 0 aromatic heterocycles. The van der Waals surface area contributed by atoms with Crippen LogP contribution >= 0.6 is 0 Å². The number of sulfone groups is 1. The Balaban J connectivity index is 2.45. The molecule has 27 heavy (non-hydrogen) atoms. The molecule has 0 amide bonds. The highest BCUT2D eigenvalue weighted by Crippen LogP contribution is 2.37. The summed E-state index contributed by atoms with van der Waals surface area (Å²) in [6.07, 6.45) is 0. The monoisotopic (exact) mass is 402 g/mol. The van der Waals surface area contributed by atoms with Crippen molar-refractivity contribution < 1.29 is 12.8 Å². The first-order chi connectivity index (χ1) is 12.4. The standard InChI is InChI=1S/C22H30O3SSi/c1-18-11-10-12-19(15-18)20(16-25-27(5,6)22(2,3)4)17-26(23,24)21-13-8-7-9-14-21/h7-15,17H,16H2,1-6H3/b20-17+. The van der Waals surface area contributed by atoms with E-state index in [0.717, 1.165) is 11.1 Å². The summed E-state index contributed by atoms with van der Waals surface area (Å²) in [6.45, 7) is 13.2. The van der Waals surface area contributed by atoms with Gasteiger partial charge in [-0.25, -0.2) is 8.42 Å². The highest BCUT2D eigenvalue weighted by Gasteiger charge is 2.37. The first kappa shape index (κ1) is 21.6. The van der Waals surface area contributed by atoms with Crippen molar-refractivity contribution in [3.05, 3.63) is 71.1 Å². The minimum absolute atomic E-state index is 0.0586. The van der Waals surface area contributed by atoms with E-state index in [9.17, 15) is 8.42 Å². The average Bonchev–Trinajstić information content (AvgIpc) is 2.58. The fourth-order valence-electron chi connectivity index (χ4n) is 2.37. The lowest BCUT2D eigenvalue weighted by Gasteiger charge is -2.36. The summed E-state index contributed by atoms with van der Waals surface area (Å²) in [4.78, 5) is 0.294. The fourth-order valence-corrected chi connectivity index (χ4v) is 4.57. The predicted octanol–water partition coefficient (Wildman–Crippen LogP) is 5.83. The summed E-state index contributed by atoms with van der Waals surface area (Å²) in [7, 11) is -5.55. The van der Waals surface area contributed by atoms with Gasteiger partial charge in [-0.2, -0.15) is 0 Å². The van der Waals surface area contributed by atoms with E-state index < -0.39 is 18.2 Å². The summed E-state index contributed by atoms with van der Waals surface area (Å²) in [6, 6.07) is 16.4. The molecule has 0 unspecified atom stereocenters. The van der Waals surface area contributed by atoms with Crippen molar-refractivity contribution in [2.24, 2.45) is 0 Å². The summed E-state index contributed by atoms with van der Waals surface area (Å²) < 4.78 is 32.1. The fraction of sp³-hybridized carbons (Fsp3) is 0.364. The van der Waals surface area contributed by atoms with Gasteiger partial charge in [0.05, 0.1) is 11.5 Å². The maximum absolute atomic E-state index is 12.9. The molecular formula is C22H30O3SSi. The Kier molecular flexibility index (Phi) is 6.50. The molecule has 5 heteroatoms. The lowest BCUT2D eigenvalue weighted by atomic mass is 10.1. The minimum atomic E-state index is -3.55. The SMILES string of the molecule is Cc1cccc(/C(=C/S(=O)(=O)c2ccccc2)CO[Si](C)(C)C(C)(C)C)c1. The lowest BCUT2D eigenvalue weighted by molar-refractivity contribution is 0.334. The van der Waals surface area contributed by atoms with Crippen molar-refractivity contribution >= 4 is 23.7 Å². The van der Waals surface area contributed by atoms with Crippen LogP contribution in [-0.4, -0.2) is 23.3 Å². The minimum Gasteiger partial charge on any atom is -0.413 e. The molecule has 0 atom stereocenters. The van der Waals surface area contributed by atoms with Gasteiger partial charge in [0.25, 0.3) is 0 Å². The van der Waals surface area contributed by atoms with Crippen molar-refractivity contribution in [2.45, 2.75) is 50.7 Å². The summed E-state index contributed by atoms with van der Waals surface area (Å²) in [5.41, 5.74) is 2.66. The van der Waals surface area contributed by atoms with Crippen molar-refractivity contribution in [2.75, 3.05) is 6.61 Å². The molecule has 0 N–H and O–H groups in total. The highest BCUT2D eigenvalue weighted by molar-refractivity contribution is 7.94. The van der Waals surface area contributed by atoms with Crippen LogP contribution in [0.2, 0.25) is 18.1 Å². The molecule has 0 aliphatic carbocycles. The van der Waals surface area contributed by atoms with Crippen molar-refractivity contribution in [3.63, 3.8) is 0 Å². The second kappa shape index (κ2) is 8.13. The molecule has 0 radical (unpaired) electrons. The zero-order valence-corrected chi connectivity index (χ0v) is 18.9. The molecule has 3 nitrogen and oxygen atoms in total. The second-order valence-electron chi connectivity index (χ2n) is 8.42. The van der Waals surface area contributed by atoms with Crippen LogP contribution in [0.5, 0.6) is 0 Å². The Morgan fingerprint density at radius 3 is 2.22 bits per heavy atom. The van der Waals surface area contributed by atoms with Crippen LogP contribution in [-0.2, 0) is 14.3 Å². The van der Waals surface area contributed by atoms with E-state index in [1.54, 1.807) is 24.3 Å². The Hall–Kier alpha value is -1.69. The molecule has 0 fully saturated rings. The maximum Gasteiger partial charge on any atom is 0.200 e.